The van der Waals surface area contributed by atoms with Gasteiger partial charge in [0.1, 0.15) is 0 Å². The minimum absolute atomic E-state index is 0.0917. The molecule has 1 aliphatic carbocycles. The Morgan fingerprint density at radius 1 is 1.11 bits per heavy atom. The molecule has 5 heteroatoms. The quantitative estimate of drug-likeness (QED) is 0.767. The molecule has 2 amide bonds. The fourth-order valence-electron chi connectivity index (χ4n) is 3.25. The van der Waals surface area contributed by atoms with E-state index in [2.05, 4.69) is 5.32 Å². The van der Waals surface area contributed by atoms with E-state index in [-0.39, 0.29) is 18.5 Å². The van der Waals surface area contributed by atoms with Crippen molar-refractivity contribution in [3.8, 4) is 0 Å². The van der Waals surface area contributed by atoms with Crippen molar-refractivity contribution >= 4 is 11.8 Å². The van der Waals surface area contributed by atoms with Crippen LogP contribution < -0.4 is 11.1 Å². The molecule has 0 atom stereocenters. The van der Waals surface area contributed by atoms with Gasteiger partial charge in [0, 0.05) is 12.5 Å². The predicted octanol–water partition coefficient (Wildman–Crippen LogP) is 0.633. The third kappa shape index (κ3) is 4.20. The normalized spacial score (nSPS) is 21.5. The van der Waals surface area contributed by atoms with Crippen molar-refractivity contribution in [1.29, 1.82) is 0 Å². The number of carbonyl (C=O) groups excluding carboxylic acids is 2. The molecule has 0 spiro atoms. The van der Waals surface area contributed by atoms with Crippen molar-refractivity contribution in [1.82, 2.24) is 10.2 Å². The number of nitrogens with zero attached hydrogens (tertiary/aromatic N) is 1. The first-order chi connectivity index (χ1) is 9.16. The monoisotopic (exact) mass is 267 g/mol. The van der Waals surface area contributed by atoms with E-state index in [0.29, 0.717) is 12.3 Å². The van der Waals surface area contributed by atoms with Crippen molar-refractivity contribution in [2.45, 2.75) is 51.0 Å². The van der Waals surface area contributed by atoms with E-state index in [0.717, 1.165) is 51.6 Å². The molecule has 2 aliphatic rings. The molecule has 0 unspecified atom stereocenters. The highest BCUT2D eigenvalue weighted by Gasteiger charge is 2.29. The zero-order chi connectivity index (χ0) is 13.7. The number of carbonyl (C=O) groups is 2. The van der Waals surface area contributed by atoms with Crippen LogP contribution in [0.4, 0.5) is 0 Å². The second-order valence-corrected chi connectivity index (χ2v) is 5.82. The Kier molecular flexibility index (Phi) is 5.19. The third-order valence-corrected chi connectivity index (χ3v) is 4.33. The fraction of sp³-hybridized carbons (Fsp3) is 0.857. The fourth-order valence-corrected chi connectivity index (χ4v) is 3.25. The molecule has 0 aromatic carbocycles. The maximum Gasteiger partial charge on any atom is 0.237 e. The lowest BCUT2D eigenvalue weighted by Gasteiger charge is -2.30. The summed E-state index contributed by atoms with van der Waals surface area (Å²) >= 11 is 0. The van der Waals surface area contributed by atoms with Crippen LogP contribution in [0.2, 0.25) is 0 Å². The van der Waals surface area contributed by atoms with Crippen LogP contribution in [0.25, 0.3) is 0 Å². The second kappa shape index (κ2) is 6.89. The van der Waals surface area contributed by atoms with Gasteiger partial charge in [-0.25, -0.2) is 0 Å². The smallest absolute Gasteiger partial charge is 0.237 e. The molecule has 0 aromatic rings. The Morgan fingerprint density at radius 3 is 2.32 bits per heavy atom. The molecule has 3 N–H and O–H groups in total. The van der Waals surface area contributed by atoms with E-state index in [1.54, 1.807) is 4.90 Å². The number of rotatable bonds is 5. The van der Waals surface area contributed by atoms with E-state index in [1.807, 2.05) is 0 Å². The van der Waals surface area contributed by atoms with Crippen LogP contribution in [0.3, 0.4) is 0 Å². The Morgan fingerprint density at radius 2 is 1.74 bits per heavy atom. The summed E-state index contributed by atoms with van der Waals surface area (Å²) in [5, 5.41) is 3.31. The molecule has 19 heavy (non-hydrogen) atoms. The Balaban J connectivity index is 1.91. The van der Waals surface area contributed by atoms with Crippen LogP contribution in [-0.2, 0) is 9.59 Å². The third-order valence-electron chi connectivity index (χ3n) is 4.33. The molecule has 0 bridgehead atoms. The molecule has 1 saturated heterocycles. The summed E-state index contributed by atoms with van der Waals surface area (Å²) in [4.78, 5) is 25.4. The minimum Gasteiger partial charge on any atom is -0.368 e. The molecule has 2 rings (SSSR count). The van der Waals surface area contributed by atoms with Crippen molar-refractivity contribution in [2.24, 2.45) is 11.7 Å². The van der Waals surface area contributed by atoms with Gasteiger partial charge in [-0.15, -0.1) is 0 Å². The first kappa shape index (κ1) is 14.3. The van der Waals surface area contributed by atoms with Crippen LogP contribution >= 0.6 is 0 Å². The lowest BCUT2D eigenvalue weighted by atomic mass is 9.93. The summed E-state index contributed by atoms with van der Waals surface area (Å²) < 4.78 is 0. The molecule has 1 aliphatic heterocycles. The van der Waals surface area contributed by atoms with Crippen LogP contribution in [0.5, 0.6) is 0 Å². The number of primary amides is 1. The summed E-state index contributed by atoms with van der Waals surface area (Å²) in [5.74, 6) is 0.189. The number of nitrogens with one attached hydrogen (secondary N) is 1. The SMILES string of the molecule is NC(=O)CN(C(=O)CC1CCNCC1)C1CCCC1. The maximum atomic E-state index is 12.4. The number of nitrogens with two attached hydrogens (primary N) is 1. The molecule has 1 heterocycles. The van der Waals surface area contributed by atoms with Gasteiger partial charge in [-0.2, -0.15) is 0 Å². The summed E-state index contributed by atoms with van der Waals surface area (Å²) in [6.45, 7) is 2.09. The highest BCUT2D eigenvalue weighted by atomic mass is 16.2. The van der Waals surface area contributed by atoms with Gasteiger partial charge in [0.2, 0.25) is 11.8 Å². The van der Waals surface area contributed by atoms with Crippen LogP contribution in [0.1, 0.15) is 44.9 Å². The van der Waals surface area contributed by atoms with E-state index >= 15 is 0 Å². The first-order valence-electron chi connectivity index (χ1n) is 7.45. The molecule has 5 nitrogen and oxygen atoms in total. The number of amides is 2. The molecule has 0 aromatic heterocycles. The average Bonchev–Trinajstić information content (AvgIpc) is 2.90. The van der Waals surface area contributed by atoms with Gasteiger partial charge in [0.05, 0.1) is 6.54 Å². The maximum absolute atomic E-state index is 12.4. The second-order valence-electron chi connectivity index (χ2n) is 5.82. The van der Waals surface area contributed by atoms with Crippen LogP contribution in [-0.4, -0.2) is 42.4 Å². The van der Waals surface area contributed by atoms with E-state index < -0.39 is 5.91 Å². The topological polar surface area (TPSA) is 75.4 Å². The Labute approximate surface area is 114 Å². The number of hydrogen-bond acceptors (Lipinski definition) is 3. The van der Waals surface area contributed by atoms with Gasteiger partial charge in [0.15, 0.2) is 0 Å². The molecule has 0 radical (unpaired) electrons. The predicted molar refractivity (Wildman–Crippen MR) is 73.4 cm³/mol. The van der Waals surface area contributed by atoms with Gasteiger partial charge in [-0.05, 0) is 44.7 Å². The highest BCUT2D eigenvalue weighted by Crippen LogP contribution is 2.25. The highest BCUT2D eigenvalue weighted by molar-refractivity contribution is 5.84. The van der Waals surface area contributed by atoms with Gasteiger partial charge in [0.25, 0.3) is 0 Å². The van der Waals surface area contributed by atoms with Crippen LogP contribution in [0.15, 0.2) is 0 Å². The largest absolute Gasteiger partial charge is 0.368 e. The number of piperidine rings is 1. The zero-order valence-corrected chi connectivity index (χ0v) is 11.6. The average molecular weight is 267 g/mol. The molecular formula is C14H25N3O2. The standard InChI is InChI=1S/C14H25N3O2/c15-13(18)10-17(12-3-1-2-4-12)14(19)9-11-5-7-16-8-6-11/h11-12,16H,1-10H2,(H2,15,18). The van der Waals surface area contributed by atoms with Gasteiger partial charge in [-0.3, -0.25) is 9.59 Å². The number of hydrogen-bond donors (Lipinski definition) is 2. The summed E-state index contributed by atoms with van der Waals surface area (Å²) in [6, 6.07) is 0.238. The van der Waals surface area contributed by atoms with E-state index in [1.165, 1.54) is 0 Å². The lowest BCUT2D eigenvalue weighted by Crippen LogP contribution is -2.45. The summed E-state index contributed by atoms with van der Waals surface area (Å²) in [7, 11) is 0. The van der Waals surface area contributed by atoms with Gasteiger partial charge in [-0.1, -0.05) is 12.8 Å². The van der Waals surface area contributed by atoms with Gasteiger partial charge < -0.3 is 16.0 Å². The Bertz CT molecular complexity index is 321. The van der Waals surface area contributed by atoms with Crippen molar-refractivity contribution in [2.75, 3.05) is 19.6 Å². The van der Waals surface area contributed by atoms with Gasteiger partial charge >= 0.3 is 0 Å². The van der Waals surface area contributed by atoms with E-state index in [9.17, 15) is 9.59 Å². The first-order valence-corrected chi connectivity index (χ1v) is 7.45. The summed E-state index contributed by atoms with van der Waals surface area (Å²) in [5.41, 5.74) is 5.29. The lowest BCUT2D eigenvalue weighted by molar-refractivity contribution is -0.138. The molecule has 108 valence electrons. The summed E-state index contributed by atoms with van der Waals surface area (Å²) in [6.07, 6.45) is 7.03. The Hall–Kier alpha value is -1.10. The van der Waals surface area contributed by atoms with Crippen LogP contribution in [0, 0.1) is 5.92 Å². The van der Waals surface area contributed by atoms with Crippen molar-refractivity contribution < 1.29 is 9.59 Å². The zero-order valence-electron chi connectivity index (χ0n) is 11.6. The molecule has 1 saturated carbocycles. The van der Waals surface area contributed by atoms with Crippen molar-refractivity contribution in [3.63, 3.8) is 0 Å². The van der Waals surface area contributed by atoms with E-state index in [4.69, 9.17) is 5.73 Å². The molecule has 2 fully saturated rings. The van der Waals surface area contributed by atoms with Crippen molar-refractivity contribution in [3.05, 3.63) is 0 Å². The molecular weight excluding hydrogens is 242 g/mol. The minimum atomic E-state index is -0.398.